The standard InChI is InChI=1S/C14H20O/c1-9(2)11-7-10(3)13(15)12(8-11)14(4,5)6/h7-8,15H,1H2,2-6H3. The molecule has 0 fully saturated rings. The molecule has 0 bridgehead atoms. The van der Waals surface area contributed by atoms with Crippen molar-refractivity contribution in [2.45, 2.75) is 40.0 Å². The van der Waals surface area contributed by atoms with Gasteiger partial charge >= 0.3 is 0 Å². The molecule has 0 saturated carbocycles. The first kappa shape index (κ1) is 11.8. The predicted molar refractivity (Wildman–Crippen MR) is 66.3 cm³/mol. The number of phenols is 1. The first-order chi connectivity index (χ1) is 6.73. The summed E-state index contributed by atoms with van der Waals surface area (Å²) < 4.78 is 0. The number of rotatable bonds is 1. The lowest BCUT2D eigenvalue weighted by molar-refractivity contribution is 0.443. The average molecular weight is 204 g/mol. The molecule has 1 nitrogen and oxygen atoms in total. The molecule has 1 heteroatoms. The summed E-state index contributed by atoms with van der Waals surface area (Å²) in [6.45, 7) is 14.2. The Morgan fingerprint density at radius 1 is 1.27 bits per heavy atom. The summed E-state index contributed by atoms with van der Waals surface area (Å²) in [7, 11) is 0. The summed E-state index contributed by atoms with van der Waals surface area (Å²) in [6.07, 6.45) is 0. The van der Waals surface area contributed by atoms with Crippen LogP contribution in [0.2, 0.25) is 0 Å². The average Bonchev–Trinajstić information content (AvgIpc) is 2.06. The number of benzene rings is 1. The molecule has 0 radical (unpaired) electrons. The highest BCUT2D eigenvalue weighted by atomic mass is 16.3. The summed E-state index contributed by atoms with van der Waals surface area (Å²) in [5.74, 6) is 0.410. The lowest BCUT2D eigenvalue weighted by atomic mass is 9.83. The summed E-state index contributed by atoms with van der Waals surface area (Å²) in [5, 5.41) is 10.0. The number of aryl methyl sites for hydroxylation is 1. The van der Waals surface area contributed by atoms with Crippen molar-refractivity contribution in [3.8, 4) is 5.75 Å². The molecular weight excluding hydrogens is 184 g/mol. The highest BCUT2D eigenvalue weighted by Gasteiger charge is 2.20. The largest absolute Gasteiger partial charge is 0.507 e. The Balaban J connectivity index is 3.45. The van der Waals surface area contributed by atoms with E-state index in [2.05, 4.69) is 27.4 Å². The molecule has 0 saturated heterocycles. The maximum Gasteiger partial charge on any atom is 0.122 e. The van der Waals surface area contributed by atoms with Gasteiger partial charge in [0.05, 0.1) is 0 Å². The van der Waals surface area contributed by atoms with Gasteiger partial charge in [0.2, 0.25) is 0 Å². The van der Waals surface area contributed by atoms with Crippen LogP contribution in [0.5, 0.6) is 5.75 Å². The molecular formula is C14H20O. The number of phenolic OH excluding ortho intramolecular Hbond substituents is 1. The Morgan fingerprint density at radius 3 is 2.20 bits per heavy atom. The molecule has 15 heavy (non-hydrogen) atoms. The monoisotopic (exact) mass is 204 g/mol. The number of hydrogen-bond donors (Lipinski definition) is 1. The van der Waals surface area contributed by atoms with E-state index < -0.39 is 0 Å². The zero-order chi connectivity index (χ0) is 11.8. The molecule has 82 valence electrons. The van der Waals surface area contributed by atoms with Crippen LogP contribution in [-0.2, 0) is 5.41 Å². The molecule has 0 aliphatic carbocycles. The second-order valence-electron chi connectivity index (χ2n) is 5.22. The lowest BCUT2D eigenvalue weighted by Crippen LogP contribution is -2.12. The number of allylic oxidation sites excluding steroid dienone is 1. The molecule has 1 aromatic carbocycles. The van der Waals surface area contributed by atoms with E-state index in [-0.39, 0.29) is 5.41 Å². The van der Waals surface area contributed by atoms with Gasteiger partial charge in [-0.1, -0.05) is 32.9 Å². The first-order valence-electron chi connectivity index (χ1n) is 5.23. The van der Waals surface area contributed by atoms with Crippen LogP contribution in [0.4, 0.5) is 0 Å². The van der Waals surface area contributed by atoms with Gasteiger partial charge in [-0.15, -0.1) is 0 Å². The summed E-state index contributed by atoms with van der Waals surface area (Å²) in [4.78, 5) is 0. The Hall–Kier alpha value is -1.24. The molecule has 0 heterocycles. The second-order valence-corrected chi connectivity index (χ2v) is 5.22. The Labute approximate surface area is 92.5 Å². The minimum atomic E-state index is -0.0414. The van der Waals surface area contributed by atoms with Gasteiger partial charge in [-0.05, 0) is 42.5 Å². The molecule has 0 atom stereocenters. The highest BCUT2D eigenvalue weighted by Crippen LogP contribution is 2.35. The van der Waals surface area contributed by atoms with Crippen molar-refractivity contribution in [1.82, 2.24) is 0 Å². The Morgan fingerprint density at radius 2 is 1.80 bits per heavy atom. The molecule has 0 spiro atoms. The van der Waals surface area contributed by atoms with Crippen LogP contribution in [0.1, 0.15) is 44.4 Å². The highest BCUT2D eigenvalue weighted by molar-refractivity contribution is 5.65. The van der Waals surface area contributed by atoms with E-state index in [1.165, 1.54) is 0 Å². The lowest BCUT2D eigenvalue weighted by Gasteiger charge is -2.22. The summed E-state index contributed by atoms with van der Waals surface area (Å²) in [5.41, 5.74) is 4.00. The predicted octanol–water partition coefficient (Wildman–Crippen LogP) is 4.03. The normalized spacial score (nSPS) is 11.5. The first-order valence-corrected chi connectivity index (χ1v) is 5.23. The zero-order valence-electron chi connectivity index (χ0n) is 10.3. The van der Waals surface area contributed by atoms with Crippen molar-refractivity contribution in [2.24, 2.45) is 0 Å². The summed E-state index contributed by atoms with van der Waals surface area (Å²) >= 11 is 0. The molecule has 0 aliphatic rings. The fourth-order valence-electron chi connectivity index (χ4n) is 1.60. The molecule has 1 N–H and O–H groups in total. The van der Waals surface area contributed by atoms with Crippen LogP contribution in [0.25, 0.3) is 5.57 Å². The molecule has 0 aromatic heterocycles. The van der Waals surface area contributed by atoms with E-state index in [1.54, 1.807) is 0 Å². The topological polar surface area (TPSA) is 20.2 Å². The van der Waals surface area contributed by atoms with Gasteiger partial charge in [0, 0.05) is 5.56 Å². The zero-order valence-corrected chi connectivity index (χ0v) is 10.3. The van der Waals surface area contributed by atoms with Gasteiger partial charge in [0.1, 0.15) is 5.75 Å². The van der Waals surface area contributed by atoms with E-state index in [9.17, 15) is 5.11 Å². The van der Waals surface area contributed by atoms with Gasteiger partial charge in [0.15, 0.2) is 0 Å². The van der Waals surface area contributed by atoms with Crippen LogP contribution in [-0.4, -0.2) is 5.11 Å². The number of hydrogen-bond acceptors (Lipinski definition) is 1. The molecule has 0 amide bonds. The minimum Gasteiger partial charge on any atom is -0.507 e. The van der Waals surface area contributed by atoms with E-state index >= 15 is 0 Å². The van der Waals surface area contributed by atoms with E-state index in [4.69, 9.17) is 0 Å². The van der Waals surface area contributed by atoms with Crippen LogP contribution >= 0.6 is 0 Å². The Bertz CT molecular complexity index is 395. The quantitative estimate of drug-likeness (QED) is 0.732. The maximum absolute atomic E-state index is 10.0. The number of aromatic hydroxyl groups is 1. The van der Waals surface area contributed by atoms with Crippen molar-refractivity contribution in [1.29, 1.82) is 0 Å². The van der Waals surface area contributed by atoms with Crippen molar-refractivity contribution < 1.29 is 5.11 Å². The SMILES string of the molecule is C=C(C)c1cc(C)c(O)c(C(C)(C)C)c1. The van der Waals surface area contributed by atoms with Crippen LogP contribution in [0, 0.1) is 6.92 Å². The summed E-state index contributed by atoms with van der Waals surface area (Å²) in [6, 6.07) is 4.01. The third-order valence-corrected chi connectivity index (χ3v) is 2.60. The molecule has 0 unspecified atom stereocenters. The van der Waals surface area contributed by atoms with Crippen molar-refractivity contribution in [3.05, 3.63) is 35.4 Å². The third kappa shape index (κ3) is 2.41. The van der Waals surface area contributed by atoms with Crippen molar-refractivity contribution in [3.63, 3.8) is 0 Å². The second kappa shape index (κ2) is 3.73. The van der Waals surface area contributed by atoms with Crippen molar-refractivity contribution in [2.75, 3.05) is 0 Å². The maximum atomic E-state index is 10.0. The fourth-order valence-corrected chi connectivity index (χ4v) is 1.60. The van der Waals surface area contributed by atoms with Crippen LogP contribution < -0.4 is 0 Å². The van der Waals surface area contributed by atoms with Crippen LogP contribution in [0.3, 0.4) is 0 Å². The molecule has 1 aromatic rings. The molecule has 0 aliphatic heterocycles. The van der Waals surface area contributed by atoms with Crippen molar-refractivity contribution >= 4 is 5.57 Å². The third-order valence-electron chi connectivity index (χ3n) is 2.60. The van der Waals surface area contributed by atoms with Gasteiger partial charge in [-0.25, -0.2) is 0 Å². The van der Waals surface area contributed by atoms with Crippen LogP contribution in [0.15, 0.2) is 18.7 Å². The minimum absolute atomic E-state index is 0.0414. The Kier molecular flexibility index (Phi) is 2.94. The van der Waals surface area contributed by atoms with Gasteiger partial charge in [0.25, 0.3) is 0 Å². The van der Waals surface area contributed by atoms with Gasteiger partial charge in [-0.3, -0.25) is 0 Å². The van der Waals surface area contributed by atoms with E-state index in [0.717, 1.165) is 22.3 Å². The van der Waals surface area contributed by atoms with E-state index in [1.807, 2.05) is 26.0 Å². The smallest absolute Gasteiger partial charge is 0.122 e. The van der Waals surface area contributed by atoms with Gasteiger partial charge < -0.3 is 5.11 Å². The fraction of sp³-hybridized carbons (Fsp3) is 0.429. The molecule has 1 rings (SSSR count). The van der Waals surface area contributed by atoms with E-state index in [0.29, 0.717) is 5.75 Å². The van der Waals surface area contributed by atoms with Gasteiger partial charge in [-0.2, -0.15) is 0 Å².